The van der Waals surface area contributed by atoms with E-state index in [1.54, 1.807) is 45.0 Å². The van der Waals surface area contributed by atoms with E-state index in [1.807, 2.05) is 0 Å². The van der Waals surface area contributed by atoms with Gasteiger partial charge in [0.05, 0.1) is 5.69 Å². The number of para-hydroxylation sites is 1. The van der Waals surface area contributed by atoms with Crippen LogP contribution in [-0.2, 0) is 9.53 Å². The average Bonchev–Trinajstić information content (AvgIpc) is 2.46. The maximum Gasteiger partial charge on any atom is 0.408 e. The van der Waals surface area contributed by atoms with Gasteiger partial charge in [-0.15, -0.1) is 0 Å². The van der Waals surface area contributed by atoms with Crippen molar-refractivity contribution in [1.29, 1.82) is 0 Å². The standard InChI is InChI=1S/C15H18N2O4/c1-15(2,3)21-14(20)17-11-8-12(18)9-6-4-5-7-10(9)16-13(11)19/h4-7,11H,8H2,1-3H3,(H,16,19)(H,17,20). The van der Waals surface area contributed by atoms with E-state index < -0.39 is 23.6 Å². The number of alkyl carbamates (subject to hydrolysis) is 1. The molecule has 2 rings (SSSR count). The Hall–Kier alpha value is -2.37. The van der Waals surface area contributed by atoms with Crippen molar-refractivity contribution in [3.8, 4) is 0 Å². The minimum Gasteiger partial charge on any atom is -0.444 e. The zero-order valence-electron chi connectivity index (χ0n) is 12.2. The zero-order chi connectivity index (χ0) is 15.6. The first-order chi connectivity index (χ1) is 9.76. The monoisotopic (exact) mass is 290 g/mol. The fraction of sp³-hybridized carbons (Fsp3) is 0.400. The predicted molar refractivity (Wildman–Crippen MR) is 77.2 cm³/mol. The van der Waals surface area contributed by atoms with Crippen molar-refractivity contribution >= 4 is 23.5 Å². The van der Waals surface area contributed by atoms with Crippen LogP contribution in [0.3, 0.4) is 0 Å². The highest BCUT2D eigenvalue weighted by molar-refractivity contribution is 6.11. The van der Waals surface area contributed by atoms with E-state index in [0.29, 0.717) is 11.3 Å². The third-order valence-electron chi connectivity index (χ3n) is 2.88. The summed E-state index contributed by atoms with van der Waals surface area (Å²) in [7, 11) is 0. The fourth-order valence-electron chi connectivity index (χ4n) is 2.01. The van der Waals surface area contributed by atoms with Gasteiger partial charge < -0.3 is 15.4 Å². The quantitative estimate of drug-likeness (QED) is 0.829. The average molecular weight is 290 g/mol. The summed E-state index contributed by atoms with van der Waals surface area (Å²) in [5, 5.41) is 5.08. The van der Waals surface area contributed by atoms with Crippen molar-refractivity contribution in [1.82, 2.24) is 5.32 Å². The van der Waals surface area contributed by atoms with E-state index in [2.05, 4.69) is 10.6 Å². The lowest BCUT2D eigenvalue weighted by molar-refractivity contribution is -0.118. The molecule has 1 aliphatic heterocycles. The number of ether oxygens (including phenoxy) is 1. The van der Waals surface area contributed by atoms with Gasteiger partial charge in [-0.2, -0.15) is 0 Å². The predicted octanol–water partition coefficient (Wildman–Crippen LogP) is 2.10. The lowest BCUT2D eigenvalue weighted by atomic mass is 10.0. The molecule has 1 aromatic rings. The van der Waals surface area contributed by atoms with Crippen LogP contribution in [0, 0.1) is 0 Å². The second kappa shape index (κ2) is 5.55. The number of ketones is 1. The Labute approximate surface area is 122 Å². The first-order valence-electron chi connectivity index (χ1n) is 6.69. The Morgan fingerprint density at radius 1 is 1.29 bits per heavy atom. The Balaban J connectivity index is 2.12. The van der Waals surface area contributed by atoms with Gasteiger partial charge in [-0.1, -0.05) is 12.1 Å². The number of nitrogens with one attached hydrogen (secondary N) is 2. The molecule has 1 aliphatic rings. The van der Waals surface area contributed by atoms with Gasteiger partial charge in [-0.3, -0.25) is 9.59 Å². The van der Waals surface area contributed by atoms with Crippen molar-refractivity contribution in [3.05, 3.63) is 29.8 Å². The van der Waals surface area contributed by atoms with Crippen LogP contribution in [0.5, 0.6) is 0 Å². The van der Waals surface area contributed by atoms with Gasteiger partial charge in [0.15, 0.2) is 5.78 Å². The van der Waals surface area contributed by atoms with E-state index in [-0.39, 0.29) is 12.2 Å². The summed E-state index contributed by atoms with van der Waals surface area (Å²) in [5.74, 6) is -0.635. The fourth-order valence-corrected chi connectivity index (χ4v) is 2.01. The highest BCUT2D eigenvalue weighted by Crippen LogP contribution is 2.21. The van der Waals surface area contributed by atoms with E-state index in [0.717, 1.165) is 0 Å². The number of carbonyl (C=O) groups excluding carboxylic acids is 3. The molecule has 6 nitrogen and oxygen atoms in total. The minimum absolute atomic E-state index is 0.0951. The zero-order valence-corrected chi connectivity index (χ0v) is 12.2. The number of Topliss-reactive ketones (excluding diaryl/α,β-unsaturated/α-hetero) is 1. The largest absolute Gasteiger partial charge is 0.444 e. The molecule has 1 aromatic carbocycles. The van der Waals surface area contributed by atoms with E-state index in [9.17, 15) is 14.4 Å². The molecule has 0 radical (unpaired) electrons. The maximum absolute atomic E-state index is 12.1. The van der Waals surface area contributed by atoms with Crippen molar-refractivity contribution in [2.24, 2.45) is 0 Å². The lowest BCUT2D eigenvalue weighted by Crippen LogP contribution is -2.45. The molecule has 0 saturated heterocycles. The summed E-state index contributed by atoms with van der Waals surface area (Å²) in [6, 6.07) is 5.81. The normalized spacial score (nSPS) is 18.3. The summed E-state index contributed by atoms with van der Waals surface area (Å²) in [4.78, 5) is 36.0. The number of rotatable bonds is 1. The molecule has 112 valence electrons. The first-order valence-corrected chi connectivity index (χ1v) is 6.69. The van der Waals surface area contributed by atoms with Crippen LogP contribution < -0.4 is 10.6 Å². The van der Waals surface area contributed by atoms with Gasteiger partial charge >= 0.3 is 6.09 Å². The number of amides is 2. The number of fused-ring (bicyclic) bond motifs is 1. The number of carbonyl (C=O) groups is 3. The molecule has 0 saturated carbocycles. The third kappa shape index (κ3) is 3.81. The Morgan fingerprint density at radius 2 is 1.95 bits per heavy atom. The van der Waals surface area contributed by atoms with Crippen molar-refractivity contribution in [2.45, 2.75) is 38.8 Å². The second-order valence-corrected chi connectivity index (χ2v) is 5.86. The number of hydrogen-bond donors (Lipinski definition) is 2. The molecular weight excluding hydrogens is 272 g/mol. The summed E-state index contributed by atoms with van der Waals surface area (Å²) in [6.45, 7) is 5.17. The molecule has 0 aromatic heterocycles. The molecule has 2 amide bonds. The molecule has 0 aliphatic carbocycles. The smallest absolute Gasteiger partial charge is 0.408 e. The summed E-state index contributed by atoms with van der Waals surface area (Å²) in [5.41, 5.74) is 0.235. The highest BCUT2D eigenvalue weighted by atomic mass is 16.6. The lowest BCUT2D eigenvalue weighted by Gasteiger charge is -2.22. The summed E-state index contributed by atoms with van der Waals surface area (Å²) < 4.78 is 5.10. The molecule has 1 heterocycles. The van der Waals surface area contributed by atoms with Crippen LogP contribution in [0.2, 0.25) is 0 Å². The summed E-state index contributed by atoms with van der Waals surface area (Å²) >= 11 is 0. The van der Waals surface area contributed by atoms with Gasteiger partial charge in [-0.05, 0) is 32.9 Å². The summed E-state index contributed by atoms with van der Waals surface area (Å²) in [6.07, 6.45) is -0.816. The van der Waals surface area contributed by atoms with Crippen LogP contribution in [0.25, 0.3) is 0 Å². The van der Waals surface area contributed by atoms with Gasteiger partial charge in [0.25, 0.3) is 0 Å². The van der Waals surface area contributed by atoms with Gasteiger partial charge in [0.1, 0.15) is 11.6 Å². The molecule has 2 N–H and O–H groups in total. The van der Waals surface area contributed by atoms with Crippen molar-refractivity contribution in [3.63, 3.8) is 0 Å². The second-order valence-electron chi connectivity index (χ2n) is 5.86. The van der Waals surface area contributed by atoms with Crippen LogP contribution in [0.4, 0.5) is 10.5 Å². The molecule has 0 bridgehead atoms. The van der Waals surface area contributed by atoms with Gasteiger partial charge in [0, 0.05) is 12.0 Å². The molecule has 0 spiro atoms. The molecule has 1 unspecified atom stereocenters. The minimum atomic E-state index is -0.945. The van der Waals surface area contributed by atoms with E-state index >= 15 is 0 Å². The van der Waals surface area contributed by atoms with Gasteiger partial charge in [0.2, 0.25) is 5.91 Å². The topological polar surface area (TPSA) is 84.5 Å². The van der Waals surface area contributed by atoms with E-state index in [4.69, 9.17) is 4.74 Å². The molecule has 1 atom stereocenters. The third-order valence-corrected chi connectivity index (χ3v) is 2.88. The first kappa shape index (κ1) is 15.0. The molecule has 21 heavy (non-hydrogen) atoms. The number of hydrogen-bond acceptors (Lipinski definition) is 4. The molecular formula is C15H18N2O4. The SMILES string of the molecule is CC(C)(C)OC(=O)NC1CC(=O)c2ccccc2NC1=O. The number of benzene rings is 1. The Bertz CT molecular complexity index is 590. The maximum atomic E-state index is 12.1. The number of anilines is 1. The van der Waals surface area contributed by atoms with Gasteiger partial charge in [-0.25, -0.2) is 4.79 Å². The highest BCUT2D eigenvalue weighted by Gasteiger charge is 2.30. The van der Waals surface area contributed by atoms with E-state index in [1.165, 1.54) is 0 Å². The van der Waals surface area contributed by atoms with Crippen LogP contribution in [0.1, 0.15) is 37.6 Å². The van der Waals surface area contributed by atoms with Crippen molar-refractivity contribution in [2.75, 3.05) is 5.32 Å². The Kier molecular flexibility index (Phi) is 3.97. The molecule has 6 heteroatoms. The van der Waals surface area contributed by atoms with Crippen LogP contribution in [0.15, 0.2) is 24.3 Å². The van der Waals surface area contributed by atoms with Crippen molar-refractivity contribution < 1.29 is 19.1 Å². The molecule has 0 fully saturated rings. The Morgan fingerprint density at radius 3 is 2.62 bits per heavy atom. The van der Waals surface area contributed by atoms with Crippen LogP contribution >= 0.6 is 0 Å². The van der Waals surface area contributed by atoms with Crippen LogP contribution in [-0.4, -0.2) is 29.4 Å².